The van der Waals surface area contributed by atoms with Crippen molar-refractivity contribution in [2.45, 2.75) is 0 Å². The quantitative estimate of drug-likeness (QED) is 0.761. The molecule has 1 aromatic carbocycles. The van der Waals surface area contributed by atoms with Gasteiger partial charge in [0.05, 0.1) is 22.4 Å². The van der Waals surface area contributed by atoms with E-state index < -0.39 is 0 Å². The number of halogens is 1. The van der Waals surface area contributed by atoms with E-state index in [0.29, 0.717) is 21.9 Å². The van der Waals surface area contributed by atoms with Gasteiger partial charge in [-0.25, -0.2) is 4.98 Å². The van der Waals surface area contributed by atoms with Crippen LogP contribution in [0.5, 0.6) is 0 Å². The van der Waals surface area contributed by atoms with Crippen LogP contribution in [0.3, 0.4) is 0 Å². The van der Waals surface area contributed by atoms with Gasteiger partial charge in [0.15, 0.2) is 0 Å². The molecule has 0 aliphatic carbocycles. The molecular weight excluding hydrogens is 288 g/mol. The number of rotatable bonds is 2. The summed E-state index contributed by atoms with van der Waals surface area (Å²) in [4.78, 5) is 20.5. The molecule has 3 aromatic rings. The Kier molecular flexibility index (Phi) is 3.41. The lowest BCUT2D eigenvalue weighted by Crippen LogP contribution is -2.14. The zero-order chi connectivity index (χ0) is 14.8. The number of hydrogen-bond acceptors (Lipinski definition) is 4. The molecule has 0 spiro atoms. The van der Waals surface area contributed by atoms with Crippen LogP contribution in [0.25, 0.3) is 10.9 Å². The molecule has 6 heteroatoms. The largest absolute Gasteiger partial charge is 0.398 e. The van der Waals surface area contributed by atoms with Gasteiger partial charge in [-0.1, -0.05) is 29.8 Å². The van der Waals surface area contributed by atoms with Crippen molar-refractivity contribution >= 4 is 39.8 Å². The topological polar surface area (TPSA) is 80.9 Å². The normalized spacial score (nSPS) is 10.5. The van der Waals surface area contributed by atoms with Gasteiger partial charge < -0.3 is 11.1 Å². The molecule has 104 valence electrons. The second-order valence-corrected chi connectivity index (χ2v) is 4.83. The van der Waals surface area contributed by atoms with E-state index >= 15 is 0 Å². The number of nitrogens with one attached hydrogen (secondary N) is 1. The van der Waals surface area contributed by atoms with Crippen molar-refractivity contribution in [3.63, 3.8) is 0 Å². The molecule has 5 nitrogen and oxygen atoms in total. The molecule has 3 N–H and O–H groups in total. The highest BCUT2D eigenvalue weighted by Gasteiger charge is 2.12. The molecule has 0 radical (unpaired) electrons. The lowest BCUT2D eigenvalue weighted by atomic mass is 10.1. The Morgan fingerprint density at radius 2 is 2.05 bits per heavy atom. The van der Waals surface area contributed by atoms with Gasteiger partial charge in [-0.2, -0.15) is 0 Å². The van der Waals surface area contributed by atoms with Crippen molar-refractivity contribution in [1.82, 2.24) is 9.97 Å². The van der Waals surface area contributed by atoms with Crippen LogP contribution in [0.1, 0.15) is 10.5 Å². The van der Waals surface area contributed by atoms with Gasteiger partial charge in [0.25, 0.3) is 5.91 Å². The Labute approximate surface area is 125 Å². The third-order valence-corrected chi connectivity index (χ3v) is 3.33. The third kappa shape index (κ3) is 2.64. The zero-order valence-electron chi connectivity index (χ0n) is 10.9. The van der Waals surface area contributed by atoms with Gasteiger partial charge in [-0.05, 0) is 18.2 Å². The van der Waals surface area contributed by atoms with Crippen molar-refractivity contribution in [3.8, 4) is 0 Å². The number of carbonyl (C=O) groups is 1. The first-order chi connectivity index (χ1) is 10.1. The van der Waals surface area contributed by atoms with Crippen LogP contribution in [-0.2, 0) is 0 Å². The second kappa shape index (κ2) is 5.38. The van der Waals surface area contributed by atoms with E-state index in [1.807, 2.05) is 18.2 Å². The van der Waals surface area contributed by atoms with Crippen LogP contribution >= 0.6 is 11.6 Å². The molecule has 0 fully saturated rings. The van der Waals surface area contributed by atoms with E-state index in [4.69, 9.17) is 17.3 Å². The van der Waals surface area contributed by atoms with E-state index in [1.54, 1.807) is 24.4 Å². The Hall–Kier alpha value is -2.66. The lowest BCUT2D eigenvalue weighted by molar-refractivity contribution is 0.102. The predicted molar refractivity (Wildman–Crippen MR) is 83.4 cm³/mol. The number of para-hydroxylation sites is 1. The maximum Gasteiger partial charge on any atom is 0.274 e. The summed E-state index contributed by atoms with van der Waals surface area (Å²) in [6.45, 7) is 0. The number of pyridine rings is 2. The van der Waals surface area contributed by atoms with Crippen LogP contribution in [0.2, 0.25) is 5.02 Å². The summed E-state index contributed by atoms with van der Waals surface area (Å²) >= 11 is 5.98. The number of anilines is 2. The minimum Gasteiger partial charge on any atom is -0.398 e. The summed E-state index contributed by atoms with van der Waals surface area (Å²) in [7, 11) is 0. The van der Waals surface area contributed by atoms with Crippen LogP contribution in [0.15, 0.2) is 48.8 Å². The van der Waals surface area contributed by atoms with Crippen molar-refractivity contribution in [1.29, 1.82) is 0 Å². The van der Waals surface area contributed by atoms with Crippen molar-refractivity contribution < 1.29 is 4.79 Å². The van der Waals surface area contributed by atoms with Crippen molar-refractivity contribution in [3.05, 3.63) is 59.5 Å². The molecule has 0 saturated heterocycles. The number of nitrogen functional groups attached to an aromatic ring is 1. The highest BCUT2D eigenvalue weighted by molar-refractivity contribution is 6.33. The standard InChI is InChI=1S/C15H11ClN4O/c16-10-5-6-18-8-14(10)20-15(21)13-7-11(17)9-3-1-2-4-12(9)19-13/h1-8H,(H2,17,19)(H,20,21). The molecular formula is C15H11ClN4O. The SMILES string of the molecule is Nc1cc(C(=O)Nc2cnccc2Cl)nc2ccccc12. The van der Waals surface area contributed by atoms with Crippen LogP contribution in [0.4, 0.5) is 11.4 Å². The zero-order valence-corrected chi connectivity index (χ0v) is 11.6. The smallest absolute Gasteiger partial charge is 0.274 e. The fraction of sp³-hybridized carbons (Fsp3) is 0. The van der Waals surface area contributed by atoms with Gasteiger partial charge in [0.2, 0.25) is 0 Å². The molecule has 0 unspecified atom stereocenters. The first kappa shape index (κ1) is 13.3. The van der Waals surface area contributed by atoms with Gasteiger partial charge >= 0.3 is 0 Å². The van der Waals surface area contributed by atoms with Crippen molar-refractivity contribution in [2.24, 2.45) is 0 Å². The molecule has 2 aromatic heterocycles. The molecule has 0 bridgehead atoms. The molecule has 21 heavy (non-hydrogen) atoms. The maximum absolute atomic E-state index is 12.2. The first-order valence-electron chi connectivity index (χ1n) is 6.21. The second-order valence-electron chi connectivity index (χ2n) is 4.42. The molecule has 1 amide bonds. The van der Waals surface area contributed by atoms with Crippen LogP contribution < -0.4 is 11.1 Å². The van der Waals surface area contributed by atoms with E-state index in [2.05, 4.69) is 15.3 Å². The summed E-state index contributed by atoms with van der Waals surface area (Å²) in [6.07, 6.45) is 3.02. The minimum absolute atomic E-state index is 0.228. The van der Waals surface area contributed by atoms with Gasteiger partial charge in [0.1, 0.15) is 5.69 Å². The lowest BCUT2D eigenvalue weighted by Gasteiger charge is -2.08. The molecule has 0 aliphatic heterocycles. The fourth-order valence-electron chi connectivity index (χ4n) is 1.97. The van der Waals surface area contributed by atoms with Crippen molar-refractivity contribution in [2.75, 3.05) is 11.1 Å². The molecule has 2 heterocycles. The number of fused-ring (bicyclic) bond motifs is 1. The number of carbonyl (C=O) groups excluding carboxylic acids is 1. The Morgan fingerprint density at radius 1 is 1.24 bits per heavy atom. The van der Waals surface area contributed by atoms with E-state index in [0.717, 1.165) is 5.39 Å². The average Bonchev–Trinajstić information content (AvgIpc) is 2.49. The number of amides is 1. The maximum atomic E-state index is 12.2. The average molecular weight is 299 g/mol. The highest BCUT2D eigenvalue weighted by Crippen LogP contribution is 2.22. The van der Waals surface area contributed by atoms with Gasteiger partial charge in [0, 0.05) is 17.3 Å². The molecule has 0 atom stereocenters. The minimum atomic E-state index is -0.387. The molecule has 0 saturated carbocycles. The highest BCUT2D eigenvalue weighted by atomic mass is 35.5. The van der Waals surface area contributed by atoms with E-state index in [9.17, 15) is 4.79 Å². The summed E-state index contributed by atoms with van der Waals surface area (Å²) in [5, 5.41) is 3.89. The third-order valence-electron chi connectivity index (χ3n) is 3.00. The monoisotopic (exact) mass is 298 g/mol. The fourth-order valence-corrected chi connectivity index (χ4v) is 2.13. The summed E-state index contributed by atoms with van der Waals surface area (Å²) < 4.78 is 0. The number of benzene rings is 1. The molecule has 3 rings (SSSR count). The Morgan fingerprint density at radius 3 is 2.86 bits per heavy atom. The Balaban J connectivity index is 1.97. The first-order valence-corrected chi connectivity index (χ1v) is 6.59. The van der Waals surface area contributed by atoms with Crippen LogP contribution in [-0.4, -0.2) is 15.9 Å². The summed E-state index contributed by atoms with van der Waals surface area (Å²) in [6, 6.07) is 10.5. The number of nitrogens with zero attached hydrogens (tertiary/aromatic N) is 2. The number of hydrogen-bond donors (Lipinski definition) is 2. The number of nitrogens with two attached hydrogens (primary N) is 1. The summed E-state index contributed by atoms with van der Waals surface area (Å²) in [5.74, 6) is -0.387. The Bertz CT molecular complexity index is 835. The van der Waals surface area contributed by atoms with E-state index in [1.165, 1.54) is 6.20 Å². The molecule has 0 aliphatic rings. The van der Waals surface area contributed by atoms with Gasteiger partial charge in [-0.3, -0.25) is 9.78 Å². The van der Waals surface area contributed by atoms with E-state index in [-0.39, 0.29) is 11.6 Å². The van der Waals surface area contributed by atoms with Crippen LogP contribution in [0, 0.1) is 0 Å². The summed E-state index contributed by atoms with van der Waals surface area (Å²) in [5.41, 5.74) is 7.79. The predicted octanol–water partition coefficient (Wildman–Crippen LogP) is 3.12. The number of aromatic nitrogens is 2. The van der Waals surface area contributed by atoms with Gasteiger partial charge in [-0.15, -0.1) is 0 Å².